The Labute approximate surface area is 70.9 Å². The molecule has 0 aromatic carbocycles. The van der Waals surface area contributed by atoms with Gasteiger partial charge in [-0.3, -0.25) is 4.79 Å². The van der Waals surface area contributed by atoms with Crippen molar-refractivity contribution in [2.24, 2.45) is 5.73 Å². The van der Waals surface area contributed by atoms with Crippen LogP contribution in [-0.4, -0.2) is 41.4 Å². The third kappa shape index (κ3) is 4.49. The summed E-state index contributed by atoms with van der Waals surface area (Å²) in [7, 11) is -2.55. The predicted molar refractivity (Wildman–Crippen MR) is 45.7 cm³/mol. The first-order valence-corrected chi connectivity index (χ1v) is 6.06. The van der Waals surface area contributed by atoms with E-state index in [-0.39, 0.29) is 18.9 Å². The van der Waals surface area contributed by atoms with Crippen molar-refractivity contribution in [2.45, 2.75) is 12.5 Å². The quantitative estimate of drug-likeness (QED) is 0.524. The summed E-state index contributed by atoms with van der Waals surface area (Å²) in [5.41, 5.74) is 5.18. The van der Waals surface area contributed by atoms with Crippen LogP contribution in [0.1, 0.15) is 6.42 Å². The smallest absolute Gasteiger partial charge is 0.320 e. The molecular formula is C6H14NO4P. The van der Waals surface area contributed by atoms with Crippen molar-refractivity contribution in [3.63, 3.8) is 0 Å². The maximum atomic E-state index is 11.2. The topological polar surface area (TPSA) is 101 Å². The number of carbonyl (C=O) groups is 1. The molecule has 5 nitrogen and oxygen atoms in total. The van der Waals surface area contributed by atoms with Crippen LogP contribution in [-0.2, 0) is 9.36 Å². The first-order chi connectivity index (χ1) is 5.39. The average Bonchev–Trinajstić information content (AvgIpc) is 2.00. The SMILES string of the molecule is CP(=O)(CO)CCC(N)C(=O)O. The number of aliphatic hydroxyl groups excluding tert-OH is 1. The fourth-order valence-electron chi connectivity index (χ4n) is 0.606. The summed E-state index contributed by atoms with van der Waals surface area (Å²) in [6.07, 6.45) is -0.0695. The Bertz CT molecular complexity index is 206. The van der Waals surface area contributed by atoms with Gasteiger partial charge in [-0.1, -0.05) is 0 Å². The molecule has 0 aromatic rings. The molecule has 0 rings (SSSR count). The van der Waals surface area contributed by atoms with Gasteiger partial charge in [-0.15, -0.1) is 0 Å². The highest BCUT2D eigenvalue weighted by Crippen LogP contribution is 2.40. The van der Waals surface area contributed by atoms with E-state index in [0.717, 1.165) is 0 Å². The molecule has 72 valence electrons. The molecule has 0 heterocycles. The van der Waals surface area contributed by atoms with Crippen molar-refractivity contribution in [1.82, 2.24) is 0 Å². The van der Waals surface area contributed by atoms with Crippen molar-refractivity contribution in [1.29, 1.82) is 0 Å². The molecule has 0 aromatic heterocycles. The molecule has 2 unspecified atom stereocenters. The number of aliphatic carboxylic acids is 1. The van der Waals surface area contributed by atoms with Gasteiger partial charge in [0.15, 0.2) is 0 Å². The number of nitrogens with two attached hydrogens (primary N) is 1. The lowest BCUT2D eigenvalue weighted by Crippen LogP contribution is -2.30. The number of hydrogen-bond donors (Lipinski definition) is 3. The van der Waals surface area contributed by atoms with E-state index in [0.29, 0.717) is 0 Å². The van der Waals surface area contributed by atoms with Gasteiger partial charge in [-0.05, 0) is 13.1 Å². The van der Waals surface area contributed by atoms with Crippen LogP contribution in [0.3, 0.4) is 0 Å². The molecule has 0 spiro atoms. The fraction of sp³-hybridized carbons (Fsp3) is 0.833. The molecule has 12 heavy (non-hydrogen) atoms. The molecule has 0 saturated carbocycles. The van der Waals surface area contributed by atoms with E-state index in [1.807, 2.05) is 0 Å². The molecule has 0 aliphatic carbocycles. The van der Waals surface area contributed by atoms with Crippen molar-refractivity contribution in [3.05, 3.63) is 0 Å². The number of carboxylic acids is 1. The maximum absolute atomic E-state index is 11.2. The molecule has 0 saturated heterocycles. The van der Waals surface area contributed by atoms with Gasteiger partial charge in [0.05, 0.1) is 6.35 Å². The van der Waals surface area contributed by atoms with Gasteiger partial charge < -0.3 is 20.5 Å². The van der Waals surface area contributed by atoms with Crippen molar-refractivity contribution in [3.8, 4) is 0 Å². The second-order valence-electron chi connectivity index (χ2n) is 2.90. The Morgan fingerprint density at radius 1 is 1.67 bits per heavy atom. The minimum absolute atomic E-state index is 0.143. The minimum atomic E-state index is -2.55. The Kier molecular flexibility index (Phi) is 4.45. The molecule has 6 heteroatoms. The summed E-state index contributed by atoms with van der Waals surface area (Å²) < 4.78 is 11.2. The molecule has 0 fully saturated rings. The summed E-state index contributed by atoms with van der Waals surface area (Å²) in [5.74, 6) is -1.10. The molecule has 2 atom stereocenters. The Hall–Kier alpha value is -0.380. The Morgan fingerprint density at radius 3 is 2.50 bits per heavy atom. The molecular weight excluding hydrogens is 181 g/mol. The first-order valence-electron chi connectivity index (χ1n) is 3.54. The highest BCUT2D eigenvalue weighted by atomic mass is 31.2. The lowest BCUT2D eigenvalue weighted by molar-refractivity contribution is -0.138. The number of rotatable bonds is 5. The van der Waals surface area contributed by atoms with E-state index < -0.39 is 19.2 Å². The van der Waals surface area contributed by atoms with Crippen LogP contribution >= 0.6 is 7.14 Å². The van der Waals surface area contributed by atoms with Crippen LogP contribution in [0.2, 0.25) is 0 Å². The Balaban J connectivity index is 3.83. The third-order valence-electron chi connectivity index (χ3n) is 1.53. The van der Waals surface area contributed by atoms with Crippen LogP contribution in [0, 0.1) is 0 Å². The van der Waals surface area contributed by atoms with Crippen molar-refractivity contribution in [2.75, 3.05) is 19.2 Å². The van der Waals surface area contributed by atoms with Gasteiger partial charge in [0.2, 0.25) is 0 Å². The Morgan fingerprint density at radius 2 is 2.17 bits per heavy atom. The number of aliphatic hydroxyl groups is 1. The minimum Gasteiger partial charge on any atom is -0.480 e. The summed E-state index contributed by atoms with van der Waals surface area (Å²) in [6, 6.07) is -0.982. The first kappa shape index (κ1) is 11.6. The van der Waals surface area contributed by atoms with E-state index in [1.54, 1.807) is 0 Å². The van der Waals surface area contributed by atoms with Crippen molar-refractivity contribution < 1.29 is 19.6 Å². The van der Waals surface area contributed by atoms with Crippen LogP contribution in [0.4, 0.5) is 0 Å². The van der Waals surface area contributed by atoms with Gasteiger partial charge in [0.25, 0.3) is 0 Å². The second-order valence-corrected chi connectivity index (χ2v) is 6.22. The van der Waals surface area contributed by atoms with Crippen LogP contribution < -0.4 is 5.73 Å². The van der Waals surface area contributed by atoms with E-state index >= 15 is 0 Å². The normalized spacial score (nSPS) is 18.2. The summed E-state index contributed by atoms with van der Waals surface area (Å²) in [4.78, 5) is 10.2. The fourth-order valence-corrected chi connectivity index (χ4v) is 1.57. The zero-order valence-corrected chi connectivity index (χ0v) is 7.83. The predicted octanol–water partition coefficient (Wildman–Crippen LogP) is -0.269. The second kappa shape index (κ2) is 4.60. The molecule has 0 bridgehead atoms. The van der Waals surface area contributed by atoms with Gasteiger partial charge in [0.1, 0.15) is 13.2 Å². The van der Waals surface area contributed by atoms with Gasteiger partial charge >= 0.3 is 5.97 Å². The molecule has 0 aliphatic rings. The zero-order valence-electron chi connectivity index (χ0n) is 6.93. The van der Waals surface area contributed by atoms with E-state index in [2.05, 4.69) is 0 Å². The monoisotopic (exact) mass is 195 g/mol. The van der Waals surface area contributed by atoms with Gasteiger partial charge in [-0.25, -0.2) is 0 Å². The highest BCUT2D eigenvalue weighted by molar-refractivity contribution is 7.62. The zero-order chi connectivity index (χ0) is 9.78. The molecule has 0 aliphatic heterocycles. The third-order valence-corrected chi connectivity index (χ3v) is 3.33. The molecule has 4 N–H and O–H groups in total. The summed E-state index contributed by atoms with van der Waals surface area (Å²) in [6.45, 7) is 1.43. The van der Waals surface area contributed by atoms with Crippen molar-refractivity contribution >= 4 is 13.1 Å². The molecule has 0 amide bonds. The van der Waals surface area contributed by atoms with E-state index in [1.165, 1.54) is 6.66 Å². The standard InChI is InChI=1S/C6H14NO4P/c1-12(11,4-8)3-2-5(7)6(9)10/h5,8H,2-4,7H2,1H3,(H,9,10). The number of hydrogen-bond acceptors (Lipinski definition) is 4. The van der Waals surface area contributed by atoms with Gasteiger partial charge in [-0.2, -0.15) is 0 Å². The lowest BCUT2D eigenvalue weighted by atomic mass is 10.2. The van der Waals surface area contributed by atoms with Crippen LogP contribution in [0.15, 0.2) is 0 Å². The highest BCUT2D eigenvalue weighted by Gasteiger charge is 2.18. The van der Waals surface area contributed by atoms with E-state index in [4.69, 9.17) is 15.9 Å². The summed E-state index contributed by atoms with van der Waals surface area (Å²) in [5, 5.41) is 17.0. The number of carboxylic acid groups (broad SMARTS) is 1. The van der Waals surface area contributed by atoms with Crippen LogP contribution in [0.25, 0.3) is 0 Å². The van der Waals surface area contributed by atoms with Gasteiger partial charge in [0, 0.05) is 6.16 Å². The maximum Gasteiger partial charge on any atom is 0.320 e. The molecule has 0 radical (unpaired) electrons. The lowest BCUT2D eigenvalue weighted by Gasteiger charge is -2.10. The average molecular weight is 195 g/mol. The largest absolute Gasteiger partial charge is 0.480 e. The van der Waals surface area contributed by atoms with E-state index in [9.17, 15) is 9.36 Å². The summed E-state index contributed by atoms with van der Waals surface area (Å²) >= 11 is 0. The van der Waals surface area contributed by atoms with Crippen LogP contribution in [0.5, 0.6) is 0 Å².